The molecular weight excluding hydrogens is 284 g/mol. The Morgan fingerprint density at radius 2 is 1.14 bits per heavy atom. The first-order valence-electron chi connectivity index (χ1n) is 7.10. The third-order valence-corrected chi connectivity index (χ3v) is 4.16. The molecule has 0 radical (unpaired) electrons. The molecule has 0 aliphatic carbocycles. The zero-order valence-electron chi connectivity index (χ0n) is 12.2. The molecule has 8 heteroatoms. The molecular formula is C13H24O8. The van der Waals surface area contributed by atoms with Gasteiger partial charge in [0.25, 0.3) is 0 Å². The van der Waals surface area contributed by atoms with Gasteiger partial charge in [0.2, 0.25) is 0 Å². The summed E-state index contributed by atoms with van der Waals surface area (Å²) in [6.45, 7) is 4.83. The normalized spacial score (nSPS) is 55.4. The summed E-state index contributed by atoms with van der Waals surface area (Å²) in [4.78, 5) is 0. The van der Waals surface area contributed by atoms with E-state index in [1.807, 2.05) is 0 Å². The molecule has 0 aromatic rings. The van der Waals surface area contributed by atoms with Crippen LogP contribution >= 0.6 is 0 Å². The Balaban J connectivity index is 2.06. The molecule has 0 amide bonds. The van der Waals surface area contributed by atoms with Crippen LogP contribution in [0.4, 0.5) is 0 Å². The van der Waals surface area contributed by atoms with E-state index in [0.29, 0.717) is 0 Å². The molecule has 0 bridgehead atoms. The lowest BCUT2D eigenvalue weighted by molar-refractivity contribution is -0.333. The fourth-order valence-electron chi connectivity index (χ4n) is 2.72. The van der Waals surface area contributed by atoms with Crippen molar-refractivity contribution in [2.45, 2.75) is 82.0 Å². The van der Waals surface area contributed by atoms with Gasteiger partial charge in [0.1, 0.15) is 36.6 Å². The fraction of sp³-hybridized carbons (Fsp3) is 1.00. The summed E-state index contributed by atoms with van der Waals surface area (Å²) < 4.78 is 16.3. The maximum atomic E-state index is 10.1. The third-order valence-electron chi connectivity index (χ3n) is 4.16. The van der Waals surface area contributed by atoms with Crippen LogP contribution in [0.15, 0.2) is 0 Å². The average molecular weight is 308 g/mol. The monoisotopic (exact) mass is 308 g/mol. The predicted octanol–water partition coefficient (Wildman–Crippen LogP) is -2.27. The molecule has 2 aliphatic heterocycles. The van der Waals surface area contributed by atoms with Gasteiger partial charge in [0.15, 0.2) is 6.29 Å². The number of hydrogen-bond acceptors (Lipinski definition) is 8. The third kappa shape index (κ3) is 3.22. The molecule has 124 valence electrons. The summed E-state index contributed by atoms with van der Waals surface area (Å²) in [6.07, 6.45) is -10.4. The van der Waals surface area contributed by atoms with E-state index in [2.05, 4.69) is 0 Å². The highest BCUT2D eigenvalue weighted by Crippen LogP contribution is 2.28. The molecule has 0 saturated carbocycles. The molecule has 21 heavy (non-hydrogen) atoms. The topological polar surface area (TPSA) is 129 Å². The molecule has 2 saturated heterocycles. The quantitative estimate of drug-likeness (QED) is 0.386. The van der Waals surface area contributed by atoms with Crippen molar-refractivity contribution in [2.75, 3.05) is 0 Å². The van der Waals surface area contributed by atoms with Crippen LogP contribution in [0.3, 0.4) is 0 Å². The van der Waals surface area contributed by atoms with E-state index in [9.17, 15) is 25.5 Å². The van der Waals surface area contributed by atoms with Gasteiger partial charge in [-0.25, -0.2) is 0 Å². The van der Waals surface area contributed by atoms with Crippen molar-refractivity contribution < 1.29 is 39.7 Å². The van der Waals surface area contributed by atoms with Crippen molar-refractivity contribution in [3.63, 3.8) is 0 Å². The first-order valence-corrected chi connectivity index (χ1v) is 7.10. The molecule has 2 rings (SSSR count). The highest BCUT2D eigenvalue weighted by atomic mass is 16.7. The van der Waals surface area contributed by atoms with Crippen LogP contribution in [-0.2, 0) is 14.2 Å². The van der Waals surface area contributed by atoms with Gasteiger partial charge in [-0.1, -0.05) is 0 Å². The minimum atomic E-state index is -1.47. The SMILES string of the molecule is CC1O[C@H](OC2[C@H](C)OC(C)[C@H](O)[C@@H]2O)[C@H](O)C(O)[C@H]1O. The molecule has 8 nitrogen and oxygen atoms in total. The Morgan fingerprint density at radius 3 is 1.76 bits per heavy atom. The first kappa shape index (κ1) is 17.0. The van der Waals surface area contributed by atoms with Gasteiger partial charge in [-0.3, -0.25) is 0 Å². The minimum absolute atomic E-state index is 0.534. The molecule has 0 aromatic heterocycles. The van der Waals surface area contributed by atoms with E-state index >= 15 is 0 Å². The largest absolute Gasteiger partial charge is 0.388 e. The zero-order valence-corrected chi connectivity index (χ0v) is 12.2. The second-order valence-corrected chi connectivity index (χ2v) is 5.81. The molecule has 10 atom stereocenters. The van der Waals surface area contributed by atoms with Crippen molar-refractivity contribution in [1.82, 2.24) is 0 Å². The van der Waals surface area contributed by atoms with Crippen molar-refractivity contribution in [3.05, 3.63) is 0 Å². The van der Waals surface area contributed by atoms with Gasteiger partial charge in [0.05, 0.1) is 18.3 Å². The summed E-state index contributed by atoms with van der Waals surface area (Å²) in [5, 5.41) is 49.2. The maximum Gasteiger partial charge on any atom is 0.187 e. The number of rotatable bonds is 2. The first-order chi connectivity index (χ1) is 9.73. The van der Waals surface area contributed by atoms with Crippen LogP contribution < -0.4 is 0 Å². The van der Waals surface area contributed by atoms with Crippen molar-refractivity contribution in [1.29, 1.82) is 0 Å². The number of hydrogen-bond donors (Lipinski definition) is 5. The second-order valence-electron chi connectivity index (χ2n) is 5.81. The van der Waals surface area contributed by atoms with Gasteiger partial charge < -0.3 is 39.7 Å². The van der Waals surface area contributed by atoms with Gasteiger partial charge in [-0.05, 0) is 20.8 Å². The van der Waals surface area contributed by atoms with E-state index in [-0.39, 0.29) is 0 Å². The molecule has 0 aromatic carbocycles. The molecule has 2 heterocycles. The van der Waals surface area contributed by atoms with E-state index < -0.39 is 61.2 Å². The second kappa shape index (κ2) is 6.43. The van der Waals surface area contributed by atoms with E-state index in [0.717, 1.165) is 0 Å². The van der Waals surface area contributed by atoms with Crippen molar-refractivity contribution in [3.8, 4) is 0 Å². The van der Waals surface area contributed by atoms with Gasteiger partial charge in [0, 0.05) is 0 Å². The lowest BCUT2D eigenvalue weighted by atomic mass is 9.95. The molecule has 0 spiro atoms. The average Bonchev–Trinajstić information content (AvgIpc) is 2.44. The van der Waals surface area contributed by atoms with E-state index in [1.54, 1.807) is 13.8 Å². The standard InChI is InChI=1S/C13H24O8/c1-4-8(15)10(17)12(6(3)19-4)21-13-11(18)9(16)7(14)5(2)20-13/h4-18H,1-3H3/t4?,5?,6-,7-,8-,9?,10-,11+,12?,13+/m0/s1. The molecule has 2 aliphatic rings. The van der Waals surface area contributed by atoms with Crippen LogP contribution in [0.2, 0.25) is 0 Å². The van der Waals surface area contributed by atoms with Crippen molar-refractivity contribution >= 4 is 0 Å². The predicted molar refractivity (Wildman–Crippen MR) is 69.3 cm³/mol. The molecule has 5 N–H and O–H groups in total. The Hall–Kier alpha value is -0.320. The summed E-state index contributed by atoms with van der Waals surface area (Å²) in [5.41, 5.74) is 0. The number of aliphatic hydroxyl groups excluding tert-OH is 5. The lowest BCUT2D eigenvalue weighted by Crippen LogP contribution is -2.62. The number of ether oxygens (including phenoxy) is 3. The summed E-state index contributed by atoms with van der Waals surface area (Å²) in [7, 11) is 0. The van der Waals surface area contributed by atoms with Gasteiger partial charge in [-0.2, -0.15) is 0 Å². The Bertz CT molecular complexity index is 353. The highest BCUT2D eigenvalue weighted by Gasteiger charge is 2.47. The van der Waals surface area contributed by atoms with E-state index in [4.69, 9.17) is 14.2 Å². The van der Waals surface area contributed by atoms with Crippen LogP contribution in [0.25, 0.3) is 0 Å². The smallest absolute Gasteiger partial charge is 0.187 e. The Labute approximate surface area is 122 Å². The Kier molecular flexibility index (Phi) is 5.22. The van der Waals surface area contributed by atoms with Crippen LogP contribution in [-0.4, -0.2) is 86.8 Å². The highest BCUT2D eigenvalue weighted by molar-refractivity contribution is 4.93. The zero-order chi connectivity index (χ0) is 15.9. The van der Waals surface area contributed by atoms with E-state index in [1.165, 1.54) is 6.92 Å². The Morgan fingerprint density at radius 1 is 0.619 bits per heavy atom. The molecule has 2 fully saturated rings. The number of aliphatic hydroxyl groups is 5. The minimum Gasteiger partial charge on any atom is -0.388 e. The molecule has 4 unspecified atom stereocenters. The summed E-state index contributed by atoms with van der Waals surface area (Å²) in [5.74, 6) is 0. The summed E-state index contributed by atoms with van der Waals surface area (Å²) in [6, 6.07) is 0. The van der Waals surface area contributed by atoms with Gasteiger partial charge >= 0.3 is 0 Å². The maximum absolute atomic E-state index is 10.1. The summed E-state index contributed by atoms with van der Waals surface area (Å²) >= 11 is 0. The fourth-order valence-corrected chi connectivity index (χ4v) is 2.72. The van der Waals surface area contributed by atoms with Crippen LogP contribution in [0.5, 0.6) is 0 Å². The van der Waals surface area contributed by atoms with Crippen LogP contribution in [0, 0.1) is 0 Å². The van der Waals surface area contributed by atoms with Gasteiger partial charge in [-0.15, -0.1) is 0 Å². The lowest BCUT2D eigenvalue weighted by Gasteiger charge is -2.45. The van der Waals surface area contributed by atoms with Crippen molar-refractivity contribution in [2.24, 2.45) is 0 Å². The van der Waals surface area contributed by atoms with Crippen LogP contribution in [0.1, 0.15) is 20.8 Å².